The number of nitrogen functional groups attached to an aromatic ring is 1. The number of rotatable bonds is 8. The molecule has 2 atom stereocenters. The van der Waals surface area contributed by atoms with Crippen LogP contribution in [-0.2, 0) is 30.6 Å². The molecule has 0 bridgehead atoms. The van der Waals surface area contributed by atoms with Crippen LogP contribution in [0.1, 0.15) is 11.4 Å². The summed E-state index contributed by atoms with van der Waals surface area (Å²) in [7, 11) is 1.27. The van der Waals surface area contributed by atoms with Crippen LogP contribution in [0.25, 0.3) is 0 Å². The van der Waals surface area contributed by atoms with E-state index in [4.69, 9.17) is 15.3 Å². The molecule has 2 aliphatic heterocycles. The van der Waals surface area contributed by atoms with E-state index in [0.717, 1.165) is 16.2 Å². The fourth-order valence-electron chi connectivity index (χ4n) is 3.25. The van der Waals surface area contributed by atoms with Gasteiger partial charge in [-0.15, -0.1) is 23.1 Å². The summed E-state index contributed by atoms with van der Waals surface area (Å²) in [6.07, 6.45) is 1.60. The maximum absolute atomic E-state index is 12.8. The Morgan fingerprint density at radius 2 is 2.24 bits per heavy atom. The number of carbonyl (C=O) groups excluding carboxylic acids is 2. The lowest BCUT2D eigenvalue weighted by molar-refractivity contribution is -0.150. The van der Waals surface area contributed by atoms with Crippen LogP contribution < -0.4 is 11.1 Å². The first-order chi connectivity index (χ1) is 15.9. The number of aromatic nitrogens is 2. The van der Waals surface area contributed by atoms with Crippen molar-refractivity contribution in [2.75, 3.05) is 18.6 Å². The Morgan fingerprint density at radius 3 is 2.88 bits per heavy atom. The lowest BCUT2D eigenvalue weighted by Gasteiger charge is -2.48. The van der Waals surface area contributed by atoms with E-state index >= 15 is 0 Å². The number of carboxylic acids is 1. The molecule has 33 heavy (non-hydrogen) atoms. The smallest absolute Gasteiger partial charge is 0.356 e. The molecule has 0 radical (unpaired) electrons. The predicted octanol–water partition coefficient (Wildman–Crippen LogP) is 0.384. The Labute approximate surface area is 195 Å². The van der Waals surface area contributed by atoms with Gasteiger partial charge in [-0.1, -0.05) is 11.2 Å². The largest absolute Gasteiger partial charge is 0.488 e. The third kappa shape index (κ3) is 4.47. The van der Waals surface area contributed by atoms with Crippen LogP contribution in [0.5, 0.6) is 0 Å². The topological polar surface area (TPSA) is 169 Å². The second-order valence-corrected chi connectivity index (χ2v) is 8.74. The average molecular weight is 491 g/mol. The molecule has 2 aromatic heterocycles. The van der Waals surface area contributed by atoms with Gasteiger partial charge in [-0.2, -0.15) is 0 Å². The first kappa shape index (κ1) is 22.5. The number of pyridine rings is 1. The minimum absolute atomic E-state index is 0.0635. The molecular weight excluding hydrogens is 472 g/mol. The maximum Gasteiger partial charge on any atom is 0.356 e. The molecule has 2 aromatic rings. The summed E-state index contributed by atoms with van der Waals surface area (Å²) >= 11 is 2.40. The Bertz CT molecular complexity index is 1150. The van der Waals surface area contributed by atoms with E-state index in [2.05, 4.69) is 20.4 Å². The number of hydrogen-bond acceptors (Lipinski definition) is 11. The molecule has 0 unspecified atom stereocenters. The molecule has 0 spiro atoms. The fraction of sp³-hybridized carbons (Fsp3) is 0.263. The van der Waals surface area contributed by atoms with Crippen LogP contribution in [0.4, 0.5) is 5.13 Å². The maximum atomic E-state index is 12.8. The van der Waals surface area contributed by atoms with Crippen LogP contribution in [0, 0.1) is 0 Å². The quantitative estimate of drug-likeness (QED) is 0.267. The Morgan fingerprint density at radius 1 is 1.42 bits per heavy atom. The van der Waals surface area contributed by atoms with Gasteiger partial charge in [0.15, 0.2) is 16.5 Å². The zero-order valence-corrected chi connectivity index (χ0v) is 18.8. The van der Waals surface area contributed by atoms with Crippen molar-refractivity contribution in [3.05, 3.63) is 52.6 Å². The summed E-state index contributed by atoms with van der Waals surface area (Å²) in [5.41, 5.74) is 6.05. The number of thiazole rings is 1. The van der Waals surface area contributed by atoms with Gasteiger partial charge in [0.25, 0.3) is 11.8 Å². The Kier molecular flexibility index (Phi) is 6.46. The molecule has 172 valence electrons. The zero-order valence-electron chi connectivity index (χ0n) is 17.1. The molecular formula is C19H18N6O6S2. The highest BCUT2D eigenvalue weighted by molar-refractivity contribution is 8.00. The number of nitrogens with zero attached hydrogens (tertiary/aromatic N) is 4. The SMILES string of the molecule is CO/N=C(\C(=O)N[C@@H]1C(=O)N2C(C(=O)O)=C(OCc3ccccn3)CS[C@H]12)c1csc(N)n1. The van der Waals surface area contributed by atoms with E-state index in [1.165, 1.54) is 24.3 Å². The number of fused-ring (bicyclic) bond motifs is 1. The monoisotopic (exact) mass is 490 g/mol. The Hall–Kier alpha value is -3.65. The minimum atomic E-state index is -1.30. The van der Waals surface area contributed by atoms with Gasteiger partial charge < -0.3 is 25.7 Å². The summed E-state index contributed by atoms with van der Waals surface area (Å²) in [5, 5.41) is 17.2. The van der Waals surface area contributed by atoms with Gasteiger partial charge in [-0.3, -0.25) is 19.5 Å². The predicted molar refractivity (Wildman–Crippen MR) is 119 cm³/mol. The number of β-lactam (4-membered cyclic amide) rings is 1. The number of carbonyl (C=O) groups is 3. The van der Waals surface area contributed by atoms with Crippen LogP contribution >= 0.6 is 23.1 Å². The van der Waals surface area contributed by atoms with Crippen molar-refractivity contribution in [2.24, 2.45) is 5.16 Å². The number of carboxylic acid groups (broad SMARTS) is 1. The summed E-state index contributed by atoms with van der Waals surface area (Å²) in [4.78, 5) is 51.5. The zero-order chi connectivity index (χ0) is 23.5. The first-order valence-corrected chi connectivity index (χ1v) is 11.4. The summed E-state index contributed by atoms with van der Waals surface area (Å²) in [6.45, 7) is 0.0635. The summed E-state index contributed by atoms with van der Waals surface area (Å²) in [6, 6.07) is 4.34. The molecule has 2 amide bonds. The molecule has 4 rings (SSSR count). The van der Waals surface area contributed by atoms with Crippen molar-refractivity contribution in [1.82, 2.24) is 20.2 Å². The number of oxime groups is 1. The van der Waals surface area contributed by atoms with Gasteiger partial charge in [0.05, 0.1) is 11.4 Å². The van der Waals surface area contributed by atoms with Crippen molar-refractivity contribution >= 4 is 51.7 Å². The molecule has 1 fully saturated rings. The highest BCUT2D eigenvalue weighted by Crippen LogP contribution is 2.40. The minimum Gasteiger partial charge on any atom is -0.488 e. The molecule has 2 aliphatic rings. The van der Waals surface area contributed by atoms with Gasteiger partial charge in [0.1, 0.15) is 36.6 Å². The summed E-state index contributed by atoms with van der Waals surface area (Å²) < 4.78 is 5.67. The lowest BCUT2D eigenvalue weighted by Crippen LogP contribution is -2.71. The van der Waals surface area contributed by atoms with Crippen molar-refractivity contribution < 1.29 is 29.1 Å². The third-order valence-corrected chi connectivity index (χ3v) is 6.63. The van der Waals surface area contributed by atoms with Crippen LogP contribution in [0.2, 0.25) is 0 Å². The number of ether oxygens (including phenoxy) is 1. The molecule has 1 saturated heterocycles. The van der Waals surface area contributed by atoms with Crippen LogP contribution in [-0.4, -0.2) is 67.7 Å². The lowest BCUT2D eigenvalue weighted by atomic mass is 10.0. The fourth-order valence-corrected chi connectivity index (χ4v) is 5.07. The van der Waals surface area contributed by atoms with Crippen LogP contribution in [0.3, 0.4) is 0 Å². The average Bonchev–Trinajstić information content (AvgIpc) is 3.25. The van der Waals surface area contributed by atoms with Crippen molar-refractivity contribution in [3.8, 4) is 0 Å². The number of nitrogens with two attached hydrogens (primary N) is 1. The number of anilines is 1. The number of hydrogen-bond donors (Lipinski definition) is 3. The number of aliphatic carboxylic acids is 1. The first-order valence-electron chi connectivity index (χ1n) is 9.48. The van der Waals surface area contributed by atoms with E-state index in [-0.39, 0.29) is 40.4 Å². The number of nitrogens with one attached hydrogen (secondary N) is 1. The van der Waals surface area contributed by atoms with E-state index in [1.54, 1.807) is 24.4 Å². The van der Waals surface area contributed by atoms with E-state index in [0.29, 0.717) is 5.69 Å². The Balaban J connectivity index is 1.49. The second-order valence-electron chi connectivity index (χ2n) is 6.74. The van der Waals surface area contributed by atoms with Crippen molar-refractivity contribution in [2.45, 2.75) is 18.0 Å². The highest BCUT2D eigenvalue weighted by Gasteiger charge is 2.55. The molecule has 0 aromatic carbocycles. The van der Waals surface area contributed by atoms with Gasteiger partial charge in [-0.05, 0) is 12.1 Å². The van der Waals surface area contributed by atoms with Crippen molar-refractivity contribution in [1.29, 1.82) is 0 Å². The second kappa shape index (κ2) is 9.46. The molecule has 14 heteroatoms. The van der Waals surface area contributed by atoms with Gasteiger partial charge in [0, 0.05) is 11.6 Å². The number of amides is 2. The molecule has 4 N–H and O–H groups in total. The molecule has 0 saturated carbocycles. The highest BCUT2D eigenvalue weighted by atomic mass is 32.2. The van der Waals surface area contributed by atoms with Gasteiger partial charge in [0.2, 0.25) is 0 Å². The van der Waals surface area contributed by atoms with Gasteiger partial charge in [-0.25, -0.2) is 9.78 Å². The normalized spacial score (nSPS) is 20.1. The van der Waals surface area contributed by atoms with Crippen LogP contribution in [0.15, 0.2) is 46.4 Å². The van der Waals surface area contributed by atoms with Crippen molar-refractivity contribution in [3.63, 3.8) is 0 Å². The molecule has 12 nitrogen and oxygen atoms in total. The summed E-state index contributed by atoms with van der Waals surface area (Å²) in [5.74, 6) is -2.21. The molecule has 0 aliphatic carbocycles. The number of thioether (sulfide) groups is 1. The van der Waals surface area contributed by atoms with Gasteiger partial charge >= 0.3 is 5.97 Å². The standard InChI is InChI=1S/C19H18N6O6S2/c1-30-24-12(10-7-33-19(20)22-10)15(26)23-13-16(27)25-14(18(28)29)11(8-32-17(13)25)31-6-9-4-2-3-5-21-9/h2-5,7,13,17H,6,8H2,1H3,(H2,20,22)(H,23,26)(H,28,29)/b24-12-/t13-,17-/m1/s1. The van der Waals surface area contributed by atoms with E-state index in [9.17, 15) is 19.5 Å². The third-order valence-electron chi connectivity index (χ3n) is 4.71. The van der Waals surface area contributed by atoms with E-state index in [1.807, 2.05) is 0 Å². The molecule has 4 heterocycles. The van der Waals surface area contributed by atoms with E-state index < -0.39 is 29.2 Å².